The van der Waals surface area contributed by atoms with Crippen LogP contribution in [0.3, 0.4) is 0 Å². The van der Waals surface area contributed by atoms with E-state index in [0.29, 0.717) is 5.95 Å². The van der Waals surface area contributed by atoms with Crippen molar-refractivity contribution in [3.05, 3.63) is 41.6 Å². The monoisotopic (exact) mass is 340 g/mol. The Balaban J connectivity index is 1.77. The van der Waals surface area contributed by atoms with Crippen LogP contribution in [0.2, 0.25) is 0 Å². The molecule has 132 valence electrons. The molecule has 0 saturated carbocycles. The molecule has 0 spiro atoms. The second-order valence-electron chi connectivity index (χ2n) is 7.17. The van der Waals surface area contributed by atoms with Crippen LogP contribution in [0.1, 0.15) is 44.4 Å². The molecule has 1 atom stereocenters. The maximum absolute atomic E-state index is 12.0. The zero-order valence-corrected chi connectivity index (χ0v) is 15.1. The van der Waals surface area contributed by atoms with Crippen molar-refractivity contribution in [1.82, 2.24) is 15.3 Å². The lowest BCUT2D eigenvalue weighted by Gasteiger charge is -2.22. The summed E-state index contributed by atoms with van der Waals surface area (Å²) >= 11 is 0. The molecule has 25 heavy (non-hydrogen) atoms. The SMILES string of the molecule is CNc1nccc(-c2ccc3c(c2)CCC3NC(=O)OC(C)(C)C)n1. The molecule has 6 nitrogen and oxygen atoms in total. The number of alkyl carbamates (subject to hydrolysis) is 1. The minimum absolute atomic E-state index is 0.00262. The topological polar surface area (TPSA) is 76.1 Å². The van der Waals surface area contributed by atoms with Crippen molar-refractivity contribution < 1.29 is 9.53 Å². The molecule has 0 fully saturated rings. The third-order valence-electron chi connectivity index (χ3n) is 4.09. The Bertz CT molecular complexity index is 783. The summed E-state index contributed by atoms with van der Waals surface area (Å²) in [6, 6.07) is 8.15. The highest BCUT2D eigenvalue weighted by molar-refractivity contribution is 5.69. The van der Waals surface area contributed by atoms with Gasteiger partial charge < -0.3 is 15.4 Å². The van der Waals surface area contributed by atoms with E-state index in [2.05, 4.69) is 32.7 Å². The van der Waals surface area contributed by atoms with Crippen LogP contribution in [0.4, 0.5) is 10.7 Å². The number of anilines is 1. The molecule has 1 amide bonds. The molecule has 1 aliphatic carbocycles. The summed E-state index contributed by atoms with van der Waals surface area (Å²) < 4.78 is 5.36. The Kier molecular flexibility index (Phi) is 4.61. The fourth-order valence-corrected chi connectivity index (χ4v) is 3.02. The van der Waals surface area contributed by atoms with Gasteiger partial charge in [-0.15, -0.1) is 0 Å². The number of hydrogen-bond acceptors (Lipinski definition) is 5. The second-order valence-corrected chi connectivity index (χ2v) is 7.17. The quantitative estimate of drug-likeness (QED) is 0.891. The van der Waals surface area contributed by atoms with Crippen LogP contribution in [-0.2, 0) is 11.2 Å². The van der Waals surface area contributed by atoms with Gasteiger partial charge >= 0.3 is 6.09 Å². The average molecular weight is 340 g/mol. The van der Waals surface area contributed by atoms with Gasteiger partial charge in [0.2, 0.25) is 5.95 Å². The first-order valence-electron chi connectivity index (χ1n) is 8.49. The van der Waals surface area contributed by atoms with E-state index in [-0.39, 0.29) is 12.1 Å². The third-order valence-corrected chi connectivity index (χ3v) is 4.09. The summed E-state index contributed by atoms with van der Waals surface area (Å²) in [6.07, 6.45) is 3.18. The number of amides is 1. The largest absolute Gasteiger partial charge is 0.444 e. The van der Waals surface area contributed by atoms with E-state index in [0.717, 1.165) is 29.7 Å². The smallest absolute Gasteiger partial charge is 0.408 e. The van der Waals surface area contributed by atoms with Crippen molar-refractivity contribution in [1.29, 1.82) is 0 Å². The van der Waals surface area contributed by atoms with Crippen LogP contribution in [0.5, 0.6) is 0 Å². The zero-order valence-electron chi connectivity index (χ0n) is 15.1. The van der Waals surface area contributed by atoms with Crippen molar-refractivity contribution >= 4 is 12.0 Å². The highest BCUT2D eigenvalue weighted by atomic mass is 16.6. The summed E-state index contributed by atoms with van der Waals surface area (Å²) in [5.74, 6) is 0.600. The second kappa shape index (κ2) is 6.70. The van der Waals surface area contributed by atoms with Crippen LogP contribution in [0.25, 0.3) is 11.3 Å². The van der Waals surface area contributed by atoms with Crippen LogP contribution in [0, 0.1) is 0 Å². The fraction of sp³-hybridized carbons (Fsp3) is 0.421. The minimum atomic E-state index is -0.493. The number of rotatable bonds is 3. The first-order valence-corrected chi connectivity index (χ1v) is 8.49. The Morgan fingerprint density at radius 2 is 2.08 bits per heavy atom. The van der Waals surface area contributed by atoms with Crippen molar-refractivity contribution in [3.8, 4) is 11.3 Å². The van der Waals surface area contributed by atoms with Gasteiger partial charge in [-0.1, -0.05) is 12.1 Å². The van der Waals surface area contributed by atoms with E-state index in [1.807, 2.05) is 32.9 Å². The van der Waals surface area contributed by atoms with Gasteiger partial charge in [-0.3, -0.25) is 0 Å². The fourth-order valence-electron chi connectivity index (χ4n) is 3.02. The maximum atomic E-state index is 12.0. The van der Waals surface area contributed by atoms with Crippen LogP contribution < -0.4 is 10.6 Å². The summed E-state index contributed by atoms with van der Waals surface area (Å²) in [6.45, 7) is 5.59. The normalized spacial score (nSPS) is 16.2. The number of ether oxygens (including phenoxy) is 1. The summed E-state index contributed by atoms with van der Waals surface area (Å²) in [5.41, 5.74) is 3.83. The Morgan fingerprint density at radius 1 is 1.28 bits per heavy atom. The Morgan fingerprint density at radius 3 is 2.80 bits per heavy atom. The first-order chi connectivity index (χ1) is 11.9. The molecule has 0 bridgehead atoms. The van der Waals surface area contributed by atoms with E-state index in [1.165, 1.54) is 5.56 Å². The molecule has 3 rings (SSSR count). The van der Waals surface area contributed by atoms with E-state index in [1.54, 1.807) is 13.2 Å². The lowest BCUT2D eigenvalue weighted by molar-refractivity contribution is 0.0503. The van der Waals surface area contributed by atoms with Crippen LogP contribution >= 0.6 is 0 Å². The summed E-state index contributed by atoms with van der Waals surface area (Å²) in [7, 11) is 1.80. The lowest BCUT2D eigenvalue weighted by atomic mass is 10.0. The van der Waals surface area contributed by atoms with Crippen molar-refractivity contribution in [2.75, 3.05) is 12.4 Å². The molecule has 1 aromatic heterocycles. The molecule has 0 aliphatic heterocycles. The number of carbonyl (C=O) groups excluding carboxylic acids is 1. The summed E-state index contributed by atoms with van der Waals surface area (Å²) in [4.78, 5) is 20.7. The number of hydrogen-bond donors (Lipinski definition) is 2. The summed E-state index contributed by atoms with van der Waals surface area (Å²) in [5, 5.41) is 5.93. The highest BCUT2D eigenvalue weighted by Crippen LogP contribution is 2.34. The van der Waals surface area contributed by atoms with E-state index in [9.17, 15) is 4.79 Å². The average Bonchev–Trinajstić information content (AvgIpc) is 2.95. The molecule has 2 aromatic rings. The predicted molar refractivity (Wildman–Crippen MR) is 97.4 cm³/mol. The van der Waals surface area contributed by atoms with Gasteiger partial charge in [-0.05, 0) is 56.9 Å². The number of benzene rings is 1. The van der Waals surface area contributed by atoms with Crippen molar-refractivity contribution in [3.63, 3.8) is 0 Å². The minimum Gasteiger partial charge on any atom is -0.444 e. The van der Waals surface area contributed by atoms with Crippen LogP contribution in [-0.4, -0.2) is 28.7 Å². The van der Waals surface area contributed by atoms with Gasteiger partial charge in [0.05, 0.1) is 11.7 Å². The molecule has 1 heterocycles. The van der Waals surface area contributed by atoms with Crippen molar-refractivity contribution in [2.24, 2.45) is 0 Å². The number of aromatic nitrogens is 2. The standard InChI is InChI=1S/C19H24N4O2/c1-19(2,3)25-18(24)23-16-8-6-12-11-13(5-7-14(12)16)15-9-10-21-17(20-4)22-15/h5,7,9-11,16H,6,8H2,1-4H3,(H,23,24)(H,20,21,22). The van der Waals surface area contributed by atoms with E-state index >= 15 is 0 Å². The highest BCUT2D eigenvalue weighted by Gasteiger charge is 2.26. The van der Waals surface area contributed by atoms with Gasteiger partial charge in [-0.2, -0.15) is 0 Å². The molecular formula is C19H24N4O2. The van der Waals surface area contributed by atoms with Gasteiger partial charge in [0.25, 0.3) is 0 Å². The molecular weight excluding hydrogens is 316 g/mol. The van der Waals surface area contributed by atoms with Crippen LogP contribution in [0.15, 0.2) is 30.5 Å². The molecule has 6 heteroatoms. The Hall–Kier alpha value is -2.63. The molecule has 1 aromatic carbocycles. The van der Waals surface area contributed by atoms with Gasteiger partial charge in [0, 0.05) is 18.8 Å². The Labute approximate surface area is 148 Å². The van der Waals surface area contributed by atoms with Gasteiger partial charge in [-0.25, -0.2) is 14.8 Å². The van der Waals surface area contributed by atoms with Gasteiger partial charge in [0.15, 0.2) is 0 Å². The molecule has 1 unspecified atom stereocenters. The van der Waals surface area contributed by atoms with Crippen molar-refractivity contribution in [2.45, 2.75) is 45.3 Å². The number of nitrogens with one attached hydrogen (secondary N) is 2. The number of nitrogens with zero attached hydrogens (tertiary/aromatic N) is 2. The van der Waals surface area contributed by atoms with E-state index < -0.39 is 5.60 Å². The zero-order chi connectivity index (χ0) is 18.0. The number of aryl methyl sites for hydroxylation is 1. The lowest BCUT2D eigenvalue weighted by Crippen LogP contribution is -2.34. The molecule has 2 N–H and O–H groups in total. The molecule has 0 radical (unpaired) electrons. The third kappa shape index (κ3) is 4.07. The maximum Gasteiger partial charge on any atom is 0.408 e. The first kappa shape index (κ1) is 17.2. The predicted octanol–water partition coefficient (Wildman–Crippen LogP) is 3.70. The molecule has 1 aliphatic rings. The van der Waals surface area contributed by atoms with Gasteiger partial charge in [0.1, 0.15) is 5.60 Å². The number of carbonyl (C=O) groups is 1. The van der Waals surface area contributed by atoms with E-state index in [4.69, 9.17) is 4.74 Å². The number of fused-ring (bicyclic) bond motifs is 1. The molecule has 0 saturated heterocycles.